The predicted octanol–water partition coefficient (Wildman–Crippen LogP) is 3.33. The highest BCUT2D eigenvalue weighted by Gasteiger charge is 2.12. The second-order valence-corrected chi connectivity index (χ2v) is 6.78. The summed E-state index contributed by atoms with van der Waals surface area (Å²) in [5.41, 5.74) is 1.66. The first-order chi connectivity index (χ1) is 14.1. The van der Waals surface area contributed by atoms with Crippen LogP contribution in [0.3, 0.4) is 0 Å². The fourth-order valence-corrected chi connectivity index (χ4v) is 3.27. The number of aromatic nitrogens is 2. The van der Waals surface area contributed by atoms with Gasteiger partial charge in [0.2, 0.25) is 5.91 Å². The zero-order chi connectivity index (χ0) is 20.6. The fraction of sp³-hybridized carbons (Fsp3) is 0.364. The van der Waals surface area contributed by atoms with Gasteiger partial charge in [-0.1, -0.05) is 12.1 Å². The van der Waals surface area contributed by atoms with Crippen LogP contribution in [0.25, 0.3) is 11.0 Å². The summed E-state index contributed by atoms with van der Waals surface area (Å²) in [4.78, 5) is 24.7. The first-order valence-electron chi connectivity index (χ1n) is 9.93. The Hall–Kier alpha value is -3.09. The van der Waals surface area contributed by atoms with Gasteiger partial charge >= 0.3 is 5.69 Å². The minimum atomic E-state index is -0.290. The molecule has 6 nitrogen and oxygen atoms in total. The van der Waals surface area contributed by atoms with Gasteiger partial charge in [-0.15, -0.1) is 0 Å². The molecule has 2 aromatic carbocycles. The SMILES string of the molecule is CCn1c(=O)n(CCC(=O)NCCCCOc2ccc(F)cc2)c2ccccc21. The van der Waals surface area contributed by atoms with Gasteiger partial charge in [-0.3, -0.25) is 13.9 Å². The Morgan fingerprint density at radius 1 is 1.03 bits per heavy atom. The monoisotopic (exact) mass is 399 g/mol. The molecule has 1 aromatic heterocycles. The number of hydrogen-bond donors (Lipinski definition) is 1. The summed E-state index contributed by atoms with van der Waals surface area (Å²) in [5.74, 6) is 0.262. The molecule has 3 rings (SSSR count). The molecule has 0 saturated heterocycles. The fourth-order valence-electron chi connectivity index (χ4n) is 3.27. The van der Waals surface area contributed by atoms with E-state index in [0.717, 1.165) is 23.9 Å². The summed E-state index contributed by atoms with van der Waals surface area (Å²) < 4.78 is 21.7. The molecule has 0 atom stereocenters. The van der Waals surface area contributed by atoms with E-state index in [1.54, 1.807) is 21.3 Å². The van der Waals surface area contributed by atoms with E-state index in [1.165, 1.54) is 12.1 Å². The Morgan fingerprint density at radius 2 is 1.72 bits per heavy atom. The predicted molar refractivity (Wildman–Crippen MR) is 111 cm³/mol. The molecule has 0 radical (unpaired) electrons. The maximum atomic E-state index is 12.8. The van der Waals surface area contributed by atoms with Gasteiger partial charge in [-0.05, 0) is 56.2 Å². The van der Waals surface area contributed by atoms with Crippen molar-refractivity contribution in [1.29, 1.82) is 0 Å². The Bertz CT molecular complexity index is 1010. The van der Waals surface area contributed by atoms with Crippen molar-refractivity contribution < 1.29 is 13.9 Å². The van der Waals surface area contributed by atoms with Gasteiger partial charge in [0.15, 0.2) is 0 Å². The number of hydrogen-bond acceptors (Lipinski definition) is 3. The Morgan fingerprint density at radius 3 is 2.41 bits per heavy atom. The van der Waals surface area contributed by atoms with Gasteiger partial charge in [0.05, 0.1) is 17.6 Å². The van der Waals surface area contributed by atoms with E-state index in [4.69, 9.17) is 4.74 Å². The molecule has 3 aromatic rings. The molecule has 0 spiro atoms. The van der Waals surface area contributed by atoms with Crippen molar-refractivity contribution in [2.24, 2.45) is 0 Å². The Balaban J connectivity index is 1.39. The molecule has 1 heterocycles. The van der Waals surface area contributed by atoms with Crippen LogP contribution in [0.15, 0.2) is 53.3 Å². The average Bonchev–Trinajstić information content (AvgIpc) is 3.01. The first-order valence-corrected chi connectivity index (χ1v) is 9.93. The van der Waals surface area contributed by atoms with E-state index in [9.17, 15) is 14.0 Å². The lowest BCUT2D eigenvalue weighted by molar-refractivity contribution is -0.121. The van der Waals surface area contributed by atoms with E-state index in [1.807, 2.05) is 31.2 Å². The Kier molecular flexibility index (Phi) is 7.05. The highest BCUT2D eigenvalue weighted by molar-refractivity contribution is 5.77. The molecule has 0 aliphatic carbocycles. The van der Waals surface area contributed by atoms with Crippen molar-refractivity contribution in [1.82, 2.24) is 14.5 Å². The van der Waals surface area contributed by atoms with Crippen molar-refractivity contribution in [3.63, 3.8) is 0 Å². The van der Waals surface area contributed by atoms with Gasteiger partial charge < -0.3 is 10.1 Å². The third-order valence-electron chi connectivity index (χ3n) is 4.78. The highest BCUT2D eigenvalue weighted by Crippen LogP contribution is 2.13. The summed E-state index contributed by atoms with van der Waals surface area (Å²) in [6.45, 7) is 3.94. The van der Waals surface area contributed by atoms with Gasteiger partial charge in [-0.2, -0.15) is 0 Å². The number of ether oxygens (including phenoxy) is 1. The van der Waals surface area contributed by atoms with Crippen LogP contribution in [-0.2, 0) is 17.9 Å². The molecular formula is C22H26FN3O3. The number of para-hydroxylation sites is 2. The van der Waals surface area contributed by atoms with E-state index >= 15 is 0 Å². The molecular weight excluding hydrogens is 373 g/mol. The maximum Gasteiger partial charge on any atom is 0.329 e. The number of carbonyl (C=O) groups is 1. The number of halogens is 1. The van der Waals surface area contributed by atoms with Crippen molar-refractivity contribution in [2.75, 3.05) is 13.2 Å². The van der Waals surface area contributed by atoms with Crippen LogP contribution < -0.4 is 15.7 Å². The average molecular weight is 399 g/mol. The second-order valence-electron chi connectivity index (χ2n) is 6.78. The van der Waals surface area contributed by atoms with Crippen LogP contribution in [0.4, 0.5) is 4.39 Å². The number of aryl methyl sites for hydroxylation is 2. The van der Waals surface area contributed by atoms with Gasteiger partial charge in [0.1, 0.15) is 11.6 Å². The smallest absolute Gasteiger partial charge is 0.329 e. The molecule has 0 saturated carbocycles. The number of imidazole rings is 1. The number of nitrogens with one attached hydrogen (secondary N) is 1. The number of nitrogens with zero attached hydrogens (tertiary/aromatic N) is 2. The van der Waals surface area contributed by atoms with Gasteiger partial charge in [0, 0.05) is 26.1 Å². The third-order valence-corrected chi connectivity index (χ3v) is 4.78. The van der Waals surface area contributed by atoms with E-state index in [2.05, 4.69) is 5.32 Å². The molecule has 154 valence electrons. The van der Waals surface area contributed by atoms with Crippen LogP contribution in [0.5, 0.6) is 5.75 Å². The lowest BCUT2D eigenvalue weighted by atomic mass is 10.3. The van der Waals surface area contributed by atoms with Crippen LogP contribution >= 0.6 is 0 Å². The number of fused-ring (bicyclic) bond motifs is 1. The van der Waals surface area contributed by atoms with Gasteiger partial charge in [-0.25, -0.2) is 9.18 Å². The molecule has 0 fully saturated rings. The van der Waals surface area contributed by atoms with E-state index in [0.29, 0.717) is 32.0 Å². The number of amides is 1. The number of rotatable bonds is 10. The van der Waals surface area contributed by atoms with Gasteiger partial charge in [0.25, 0.3) is 0 Å². The van der Waals surface area contributed by atoms with Crippen LogP contribution in [-0.4, -0.2) is 28.2 Å². The summed E-state index contributed by atoms with van der Waals surface area (Å²) in [6, 6.07) is 13.5. The lowest BCUT2D eigenvalue weighted by Gasteiger charge is -2.08. The van der Waals surface area contributed by atoms with Crippen molar-refractivity contribution in [2.45, 2.75) is 39.3 Å². The van der Waals surface area contributed by atoms with Crippen LogP contribution in [0.1, 0.15) is 26.2 Å². The molecule has 0 unspecified atom stereocenters. The second kappa shape index (κ2) is 9.91. The number of unbranched alkanes of at least 4 members (excludes halogenated alkanes) is 1. The largest absolute Gasteiger partial charge is 0.494 e. The Labute approximate surface area is 168 Å². The number of carbonyl (C=O) groups excluding carboxylic acids is 1. The zero-order valence-electron chi connectivity index (χ0n) is 16.6. The van der Waals surface area contributed by atoms with E-state index in [-0.39, 0.29) is 23.8 Å². The van der Waals surface area contributed by atoms with Crippen molar-refractivity contribution in [3.8, 4) is 5.75 Å². The summed E-state index contributed by atoms with van der Waals surface area (Å²) in [7, 11) is 0. The summed E-state index contributed by atoms with van der Waals surface area (Å²) in [6.07, 6.45) is 1.81. The quantitative estimate of drug-likeness (QED) is 0.532. The van der Waals surface area contributed by atoms with E-state index < -0.39 is 0 Å². The van der Waals surface area contributed by atoms with Crippen LogP contribution in [0.2, 0.25) is 0 Å². The minimum Gasteiger partial charge on any atom is -0.494 e. The molecule has 0 bridgehead atoms. The highest BCUT2D eigenvalue weighted by atomic mass is 19.1. The van der Waals surface area contributed by atoms with Crippen molar-refractivity contribution in [3.05, 3.63) is 64.8 Å². The summed E-state index contributed by atoms with van der Waals surface area (Å²) >= 11 is 0. The van der Waals surface area contributed by atoms with Crippen LogP contribution in [0, 0.1) is 5.82 Å². The molecule has 29 heavy (non-hydrogen) atoms. The zero-order valence-corrected chi connectivity index (χ0v) is 16.6. The minimum absolute atomic E-state index is 0.0790. The third kappa shape index (κ3) is 5.25. The summed E-state index contributed by atoms with van der Waals surface area (Å²) in [5, 5.41) is 2.88. The molecule has 1 N–H and O–H groups in total. The molecule has 0 aliphatic rings. The lowest BCUT2D eigenvalue weighted by Crippen LogP contribution is -2.29. The maximum absolute atomic E-state index is 12.8. The molecule has 0 aliphatic heterocycles. The molecule has 7 heteroatoms. The number of benzene rings is 2. The normalized spacial score (nSPS) is 11.0. The standard InChI is InChI=1S/C22H26FN3O3/c1-2-25-19-7-3-4-8-20(19)26(22(25)28)15-13-21(27)24-14-5-6-16-29-18-11-9-17(23)10-12-18/h3-4,7-12H,2,5-6,13-16H2,1H3,(H,24,27). The first kappa shape index (κ1) is 20.6. The van der Waals surface area contributed by atoms with Crippen molar-refractivity contribution >= 4 is 16.9 Å². The molecule has 1 amide bonds. The topological polar surface area (TPSA) is 65.3 Å².